The van der Waals surface area contributed by atoms with E-state index < -0.39 is 10.0 Å². The fourth-order valence-corrected chi connectivity index (χ4v) is 4.69. The standard InChI is InChI=1S/C22H21Cl2N3O4S/c1-15-3-9-21(10-4-15)32(29,30)27(13-17-5-6-18(23)11-22(17)24)14-20-8-7-19(31-20)12-25-26-16(2)28/h3-12H,13-14H2,1-2H3,(H,26,28)/b25-12-. The van der Waals surface area contributed by atoms with Crippen LogP contribution in [0.15, 0.2) is 69.0 Å². The van der Waals surface area contributed by atoms with Crippen molar-refractivity contribution in [2.75, 3.05) is 0 Å². The first-order valence-electron chi connectivity index (χ1n) is 9.54. The molecule has 0 saturated heterocycles. The Kier molecular flexibility index (Phi) is 7.73. The van der Waals surface area contributed by atoms with Gasteiger partial charge in [-0.2, -0.15) is 9.41 Å². The number of halogens is 2. The van der Waals surface area contributed by atoms with Crippen LogP contribution in [0.5, 0.6) is 0 Å². The first kappa shape index (κ1) is 24.0. The van der Waals surface area contributed by atoms with Crippen LogP contribution in [0, 0.1) is 6.92 Å². The van der Waals surface area contributed by atoms with E-state index in [4.69, 9.17) is 27.6 Å². The molecule has 0 aliphatic rings. The van der Waals surface area contributed by atoms with Crippen molar-refractivity contribution in [3.63, 3.8) is 0 Å². The number of nitrogens with one attached hydrogen (secondary N) is 1. The van der Waals surface area contributed by atoms with Crippen LogP contribution in [0.2, 0.25) is 10.0 Å². The van der Waals surface area contributed by atoms with Crippen LogP contribution in [-0.2, 0) is 27.9 Å². The van der Waals surface area contributed by atoms with Gasteiger partial charge in [0.1, 0.15) is 11.5 Å². The molecule has 0 saturated carbocycles. The molecule has 0 spiro atoms. The lowest BCUT2D eigenvalue weighted by atomic mass is 10.2. The van der Waals surface area contributed by atoms with Crippen LogP contribution in [0.25, 0.3) is 0 Å². The second kappa shape index (κ2) is 10.3. The molecule has 0 bridgehead atoms. The highest BCUT2D eigenvalue weighted by molar-refractivity contribution is 7.89. The Morgan fingerprint density at radius 2 is 1.81 bits per heavy atom. The van der Waals surface area contributed by atoms with E-state index in [0.29, 0.717) is 27.1 Å². The van der Waals surface area contributed by atoms with Gasteiger partial charge in [-0.05, 0) is 48.9 Å². The van der Waals surface area contributed by atoms with E-state index in [0.717, 1.165) is 5.56 Å². The summed E-state index contributed by atoms with van der Waals surface area (Å²) in [5.41, 5.74) is 3.83. The van der Waals surface area contributed by atoms with Crippen molar-refractivity contribution in [3.05, 3.63) is 87.3 Å². The van der Waals surface area contributed by atoms with Crippen molar-refractivity contribution >= 4 is 45.3 Å². The molecule has 0 unspecified atom stereocenters. The van der Waals surface area contributed by atoms with Gasteiger partial charge in [-0.25, -0.2) is 13.8 Å². The molecule has 7 nitrogen and oxygen atoms in total. The van der Waals surface area contributed by atoms with Gasteiger partial charge in [0, 0.05) is 23.5 Å². The predicted molar refractivity (Wildman–Crippen MR) is 124 cm³/mol. The highest BCUT2D eigenvalue weighted by atomic mass is 35.5. The Balaban J connectivity index is 1.92. The van der Waals surface area contributed by atoms with Crippen molar-refractivity contribution in [1.82, 2.24) is 9.73 Å². The third-order valence-corrected chi connectivity index (χ3v) is 6.84. The van der Waals surface area contributed by atoms with Crippen molar-refractivity contribution in [2.24, 2.45) is 5.10 Å². The van der Waals surface area contributed by atoms with E-state index in [9.17, 15) is 13.2 Å². The Labute approximate surface area is 196 Å². The third kappa shape index (κ3) is 6.20. The van der Waals surface area contributed by atoms with Crippen LogP contribution in [0.3, 0.4) is 0 Å². The summed E-state index contributed by atoms with van der Waals surface area (Å²) >= 11 is 12.3. The minimum absolute atomic E-state index is 0.0161. The van der Waals surface area contributed by atoms with Crippen molar-refractivity contribution in [1.29, 1.82) is 0 Å². The lowest BCUT2D eigenvalue weighted by Gasteiger charge is -2.22. The topological polar surface area (TPSA) is 92.0 Å². The molecule has 1 heterocycles. The summed E-state index contributed by atoms with van der Waals surface area (Å²) in [6, 6.07) is 14.8. The second-order valence-electron chi connectivity index (χ2n) is 7.05. The summed E-state index contributed by atoms with van der Waals surface area (Å²) in [5.74, 6) is 0.448. The van der Waals surface area contributed by atoms with E-state index in [1.807, 2.05) is 6.92 Å². The summed E-state index contributed by atoms with van der Waals surface area (Å²) < 4.78 is 33.8. The van der Waals surface area contributed by atoms with Gasteiger partial charge in [0.25, 0.3) is 0 Å². The summed E-state index contributed by atoms with van der Waals surface area (Å²) in [5, 5.41) is 4.57. The molecule has 0 fully saturated rings. The fraction of sp³-hybridized carbons (Fsp3) is 0.182. The SMILES string of the molecule is CC(=O)N/N=C\c1ccc(CN(Cc2ccc(Cl)cc2Cl)S(=O)(=O)c2ccc(C)cc2)o1. The largest absolute Gasteiger partial charge is 0.459 e. The maximum Gasteiger partial charge on any atom is 0.243 e. The Morgan fingerprint density at radius 3 is 2.47 bits per heavy atom. The molecule has 10 heteroatoms. The number of sulfonamides is 1. The first-order chi connectivity index (χ1) is 15.1. The number of rotatable bonds is 8. The number of benzene rings is 2. The second-order valence-corrected chi connectivity index (χ2v) is 9.83. The van der Waals surface area contributed by atoms with Crippen LogP contribution in [0.1, 0.15) is 29.6 Å². The number of hydrazone groups is 1. The average Bonchev–Trinajstić information content (AvgIpc) is 3.16. The summed E-state index contributed by atoms with van der Waals surface area (Å²) in [7, 11) is -3.87. The zero-order valence-electron chi connectivity index (χ0n) is 17.4. The number of nitrogens with zero attached hydrogens (tertiary/aromatic N) is 2. The number of hydrogen-bond acceptors (Lipinski definition) is 5. The highest BCUT2D eigenvalue weighted by Gasteiger charge is 2.26. The molecule has 1 amide bonds. The fourth-order valence-electron chi connectivity index (χ4n) is 2.83. The molecular formula is C22H21Cl2N3O4S. The summed E-state index contributed by atoms with van der Waals surface area (Å²) in [6.45, 7) is 3.19. The van der Waals surface area contributed by atoms with Gasteiger partial charge in [0.05, 0.1) is 17.7 Å². The molecule has 0 radical (unpaired) electrons. The number of hydrogen-bond donors (Lipinski definition) is 1. The Bertz CT molecular complexity index is 1240. The van der Waals surface area contributed by atoms with E-state index in [1.54, 1.807) is 54.6 Å². The maximum absolute atomic E-state index is 13.4. The zero-order chi connectivity index (χ0) is 23.3. The van der Waals surface area contributed by atoms with E-state index in [1.165, 1.54) is 17.4 Å². The molecule has 32 heavy (non-hydrogen) atoms. The van der Waals surface area contributed by atoms with Crippen molar-refractivity contribution in [2.45, 2.75) is 31.8 Å². The molecule has 168 valence electrons. The van der Waals surface area contributed by atoms with Crippen LogP contribution in [0.4, 0.5) is 0 Å². The predicted octanol–water partition coefficient (Wildman–Crippen LogP) is 4.76. The number of amides is 1. The van der Waals surface area contributed by atoms with Gasteiger partial charge >= 0.3 is 0 Å². The van der Waals surface area contributed by atoms with Gasteiger partial charge in [-0.3, -0.25) is 4.79 Å². The average molecular weight is 494 g/mol. The third-order valence-electron chi connectivity index (χ3n) is 4.45. The number of furan rings is 1. The Morgan fingerprint density at radius 1 is 1.09 bits per heavy atom. The van der Waals surface area contributed by atoms with E-state index in [-0.39, 0.29) is 23.9 Å². The normalized spacial score (nSPS) is 11.9. The van der Waals surface area contributed by atoms with Gasteiger partial charge in [0.15, 0.2) is 0 Å². The first-order valence-corrected chi connectivity index (χ1v) is 11.7. The van der Waals surface area contributed by atoms with Crippen molar-refractivity contribution < 1.29 is 17.6 Å². The lowest BCUT2D eigenvalue weighted by molar-refractivity contribution is -0.118. The van der Waals surface area contributed by atoms with E-state index >= 15 is 0 Å². The Hall–Kier alpha value is -2.65. The molecule has 3 aromatic rings. The molecule has 2 aromatic carbocycles. The van der Waals surface area contributed by atoms with Gasteiger partial charge in [-0.1, -0.05) is 47.0 Å². The minimum atomic E-state index is -3.87. The molecule has 3 rings (SSSR count). The zero-order valence-corrected chi connectivity index (χ0v) is 19.7. The lowest BCUT2D eigenvalue weighted by Crippen LogP contribution is -2.30. The molecular weight excluding hydrogens is 473 g/mol. The minimum Gasteiger partial charge on any atom is -0.459 e. The molecule has 0 atom stereocenters. The van der Waals surface area contributed by atoms with Crippen LogP contribution >= 0.6 is 23.2 Å². The molecule has 1 N–H and O–H groups in total. The van der Waals surface area contributed by atoms with Crippen LogP contribution in [-0.4, -0.2) is 24.8 Å². The quantitative estimate of drug-likeness (QED) is 0.361. The monoisotopic (exact) mass is 493 g/mol. The van der Waals surface area contributed by atoms with Crippen LogP contribution < -0.4 is 5.43 Å². The van der Waals surface area contributed by atoms with Gasteiger partial charge in [-0.15, -0.1) is 0 Å². The number of aryl methyl sites for hydroxylation is 1. The highest BCUT2D eigenvalue weighted by Crippen LogP contribution is 2.27. The molecule has 1 aromatic heterocycles. The van der Waals surface area contributed by atoms with E-state index in [2.05, 4.69) is 10.5 Å². The van der Waals surface area contributed by atoms with Gasteiger partial charge in [0.2, 0.25) is 15.9 Å². The number of carbonyl (C=O) groups is 1. The number of carbonyl (C=O) groups excluding carboxylic acids is 1. The molecule has 0 aliphatic carbocycles. The maximum atomic E-state index is 13.4. The van der Waals surface area contributed by atoms with Crippen molar-refractivity contribution in [3.8, 4) is 0 Å². The summed E-state index contributed by atoms with van der Waals surface area (Å²) in [4.78, 5) is 11.1. The molecule has 0 aliphatic heterocycles. The van der Waals surface area contributed by atoms with Gasteiger partial charge < -0.3 is 4.42 Å². The summed E-state index contributed by atoms with van der Waals surface area (Å²) in [6.07, 6.45) is 1.33. The smallest absolute Gasteiger partial charge is 0.243 e.